The van der Waals surface area contributed by atoms with E-state index in [1.807, 2.05) is 0 Å². The second-order valence-electron chi connectivity index (χ2n) is 8.93. The number of aliphatic hydroxyl groups is 1. The second-order valence-corrected chi connectivity index (χ2v) is 8.93. The third-order valence-electron chi connectivity index (χ3n) is 6.27. The number of anilines is 2. The molecule has 186 valence electrons. The van der Waals surface area contributed by atoms with E-state index >= 15 is 0 Å². The summed E-state index contributed by atoms with van der Waals surface area (Å²) in [5.41, 5.74) is -0.101. The second kappa shape index (κ2) is 9.71. The first-order valence-electron chi connectivity index (χ1n) is 11.1. The van der Waals surface area contributed by atoms with E-state index in [0.29, 0.717) is 13.1 Å². The summed E-state index contributed by atoms with van der Waals surface area (Å²) < 4.78 is 40.7. The van der Waals surface area contributed by atoms with Gasteiger partial charge >= 0.3 is 6.09 Å². The van der Waals surface area contributed by atoms with Crippen LogP contribution in [0.1, 0.15) is 13.8 Å². The molecule has 1 unspecified atom stereocenters. The molecule has 5 atom stereocenters. The number of cyclic esters (lactones) is 1. The maximum atomic E-state index is 14.9. The fraction of sp³-hybridized carbons (Fsp3) is 0.591. The lowest BCUT2D eigenvalue weighted by Gasteiger charge is -2.24. The number of carbonyl (C=O) groups is 3. The summed E-state index contributed by atoms with van der Waals surface area (Å²) in [4.78, 5) is 36.8. The molecule has 10 nitrogen and oxygen atoms in total. The topological polar surface area (TPSA) is 120 Å². The Hall–Kier alpha value is -2.99. The van der Waals surface area contributed by atoms with Crippen molar-refractivity contribution < 1.29 is 37.7 Å². The van der Waals surface area contributed by atoms with Gasteiger partial charge in [-0.05, 0) is 0 Å². The number of hydrogen-bond acceptors (Lipinski definition) is 7. The third-order valence-corrected chi connectivity index (χ3v) is 6.27. The number of amides is 3. The van der Waals surface area contributed by atoms with Crippen LogP contribution < -0.4 is 20.4 Å². The van der Waals surface area contributed by atoms with Crippen LogP contribution >= 0.6 is 0 Å². The Kier molecular flexibility index (Phi) is 6.89. The molecule has 0 bridgehead atoms. The molecule has 0 aromatic heterocycles. The summed E-state index contributed by atoms with van der Waals surface area (Å²) in [5.74, 6) is -1.85. The Morgan fingerprint density at radius 3 is 2.35 bits per heavy atom. The largest absolute Gasteiger partial charge is 0.442 e. The molecular formula is C22H28F2N4O6. The Balaban J connectivity index is 1.32. The van der Waals surface area contributed by atoms with Crippen LogP contribution in [0, 0.1) is 23.5 Å². The van der Waals surface area contributed by atoms with Crippen molar-refractivity contribution in [3.05, 3.63) is 23.8 Å². The summed E-state index contributed by atoms with van der Waals surface area (Å²) in [7, 11) is 0. The lowest BCUT2D eigenvalue weighted by atomic mass is 10.2. The van der Waals surface area contributed by atoms with Gasteiger partial charge in [0.2, 0.25) is 11.8 Å². The van der Waals surface area contributed by atoms with E-state index in [-0.39, 0.29) is 67.4 Å². The Morgan fingerprint density at radius 2 is 1.76 bits per heavy atom. The standard InChI is InChI=1S/C22H28F2N4O6/c1-11(29)25-5-14(31)10-33-21-16-8-27(9-17(16)21)20-18(23)3-13(4-19(20)24)28-7-15(34-22(28)32)6-26-12(2)30/h3-4,14-17,21,31H,5-10H2,1-2H3,(H,25,29)(H,26,30)/t14-,15-,16-,17+,21?/m0/s1. The Labute approximate surface area is 195 Å². The van der Waals surface area contributed by atoms with Crippen LogP contribution in [0.15, 0.2) is 12.1 Å². The van der Waals surface area contributed by atoms with Crippen LogP contribution in [0.2, 0.25) is 0 Å². The van der Waals surface area contributed by atoms with E-state index < -0.39 is 29.9 Å². The number of nitrogens with one attached hydrogen (secondary N) is 2. The van der Waals surface area contributed by atoms with Crippen LogP contribution in [0.4, 0.5) is 25.0 Å². The smallest absolute Gasteiger partial charge is 0.414 e. The minimum atomic E-state index is -0.820. The molecule has 0 radical (unpaired) electrons. The first-order chi connectivity index (χ1) is 16.1. The van der Waals surface area contributed by atoms with Crippen molar-refractivity contribution in [3.63, 3.8) is 0 Å². The van der Waals surface area contributed by atoms with Crippen molar-refractivity contribution in [3.8, 4) is 0 Å². The van der Waals surface area contributed by atoms with E-state index in [4.69, 9.17) is 9.47 Å². The van der Waals surface area contributed by atoms with Crippen LogP contribution in [0.3, 0.4) is 0 Å². The molecule has 1 aromatic rings. The Morgan fingerprint density at radius 1 is 1.15 bits per heavy atom. The first kappa shape index (κ1) is 24.1. The number of halogens is 2. The van der Waals surface area contributed by atoms with E-state index in [0.717, 1.165) is 17.0 Å². The van der Waals surface area contributed by atoms with E-state index in [2.05, 4.69) is 10.6 Å². The average Bonchev–Trinajstić information content (AvgIpc) is 3.07. The van der Waals surface area contributed by atoms with Crippen LogP contribution in [0.25, 0.3) is 0 Å². The number of benzene rings is 1. The van der Waals surface area contributed by atoms with Gasteiger partial charge in [0.15, 0.2) is 11.6 Å². The fourth-order valence-electron chi connectivity index (χ4n) is 4.55. The summed E-state index contributed by atoms with van der Waals surface area (Å²) in [5, 5.41) is 14.9. The normalized spacial score (nSPS) is 26.2. The lowest BCUT2D eigenvalue weighted by Crippen LogP contribution is -2.34. The molecule has 1 aliphatic carbocycles. The maximum absolute atomic E-state index is 14.9. The molecule has 3 amide bonds. The van der Waals surface area contributed by atoms with Gasteiger partial charge < -0.3 is 30.1 Å². The van der Waals surface area contributed by atoms with Crippen molar-refractivity contribution in [2.75, 3.05) is 49.1 Å². The van der Waals surface area contributed by atoms with Gasteiger partial charge in [0, 0.05) is 57.5 Å². The highest BCUT2D eigenvalue weighted by atomic mass is 19.1. The van der Waals surface area contributed by atoms with Gasteiger partial charge in [-0.2, -0.15) is 0 Å². The van der Waals surface area contributed by atoms with Crippen molar-refractivity contribution in [1.29, 1.82) is 0 Å². The van der Waals surface area contributed by atoms with Crippen LogP contribution in [0.5, 0.6) is 0 Å². The molecule has 0 spiro atoms. The lowest BCUT2D eigenvalue weighted by molar-refractivity contribution is -0.120. The van der Waals surface area contributed by atoms with E-state index in [1.54, 1.807) is 4.90 Å². The molecule has 4 rings (SSSR count). The van der Waals surface area contributed by atoms with Gasteiger partial charge in [0.1, 0.15) is 11.8 Å². The van der Waals surface area contributed by atoms with Crippen LogP contribution in [-0.2, 0) is 19.1 Å². The summed E-state index contributed by atoms with van der Waals surface area (Å²) in [6.07, 6.45) is -2.25. The Bertz CT molecular complexity index is 944. The number of rotatable bonds is 9. The van der Waals surface area contributed by atoms with Gasteiger partial charge in [-0.1, -0.05) is 0 Å². The molecule has 1 aromatic carbocycles. The molecule has 3 aliphatic rings. The molecular weight excluding hydrogens is 454 g/mol. The van der Waals surface area contributed by atoms with Gasteiger partial charge in [0.25, 0.3) is 0 Å². The quantitative estimate of drug-likeness (QED) is 0.465. The molecule has 2 aliphatic heterocycles. The van der Waals surface area contributed by atoms with Gasteiger partial charge in [-0.3, -0.25) is 14.5 Å². The summed E-state index contributed by atoms with van der Waals surface area (Å²) in [6.45, 7) is 3.88. The summed E-state index contributed by atoms with van der Waals surface area (Å²) in [6, 6.07) is 2.22. The molecule has 34 heavy (non-hydrogen) atoms. The van der Waals surface area contributed by atoms with Gasteiger partial charge in [0.05, 0.1) is 37.6 Å². The number of nitrogens with zero attached hydrogens (tertiary/aromatic N) is 2. The van der Waals surface area contributed by atoms with Crippen molar-refractivity contribution >= 4 is 29.3 Å². The minimum absolute atomic E-state index is 0.0489. The third kappa shape index (κ3) is 5.22. The monoisotopic (exact) mass is 482 g/mol. The van der Waals surface area contributed by atoms with Gasteiger partial charge in [-0.15, -0.1) is 0 Å². The zero-order valence-corrected chi connectivity index (χ0v) is 18.9. The highest BCUT2D eigenvalue weighted by molar-refractivity contribution is 5.90. The SMILES string of the molecule is CC(=O)NC[C@H](O)COC1[C@H]2CN(c3c(F)cc(N4C[C@H](CNC(C)=O)OC4=O)cc3F)C[C@@H]12. The molecule has 3 fully saturated rings. The number of hydrogen-bond donors (Lipinski definition) is 3. The highest BCUT2D eigenvalue weighted by Gasteiger charge is 2.57. The summed E-state index contributed by atoms with van der Waals surface area (Å²) >= 11 is 0. The zero-order valence-electron chi connectivity index (χ0n) is 18.9. The average molecular weight is 482 g/mol. The van der Waals surface area contributed by atoms with Crippen molar-refractivity contribution in [2.45, 2.75) is 32.2 Å². The number of piperidine rings is 1. The molecule has 2 saturated heterocycles. The molecule has 2 heterocycles. The van der Waals surface area contributed by atoms with Gasteiger partial charge in [-0.25, -0.2) is 13.6 Å². The zero-order chi connectivity index (χ0) is 24.6. The minimum Gasteiger partial charge on any atom is -0.442 e. The molecule has 1 saturated carbocycles. The predicted molar refractivity (Wildman–Crippen MR) is 116 cm³/mol. The number of carbonyl (C=O) groups excluding carboxylic acids is 3. The molecule has 12 heteroatoms. The fourth-order valence-corrected chi connectivity index (χ4v) is 4.55. The number of ether oxygens (including phenoxy) is 2. The van der Waals surface area contributed by atoms with Crippen LogP contribution in [-0.4, -0.2) is 80.7 Å². The van der Waals surface area contributed by atoms with Crippen molar-refractivity contribution in [2.24, 2.45) is 11.8 Å². The predicted octanol–water partition coefficient (Wildman–Crippen LogP) is 0.374. The first-order valence-corrected chi connectivity index (χ1v) is 11.1. The maximum Gasteiger partial charge on any atom is 0.414 e. The number of aliphatic hydroxyl groups excluding tert-OH is 1. The van der Waals surface area contributed by atoms with Crippen molar-refractivity contribution in [1.82, 2.24) is 10.6 Å². The van der Waals surface area contributed by atoms with E-state index in [9.17, 15) is 28.3 Å². The number of fused-ring (bicyclic) bond motifs is 1. The van der Waals surface area contributed by atoms with E-state index in [1.165, 1.54) is 13.8 Å². The molecule has 3 N–H and O–H groups in total. The highest BCUT2D eigenvalue weighted by Crippen LogP contribution is 2.49.